The van der Waals surface area contributed by atoms with Crippen LogP contribution in [0.5, 0.6) is 0 Å². The predicted octanol–water partition coefficient (Wildman–Crippen LogP) is 4.14. The molecule has 0 spiro atoms. The average molecular weight is 578 g/mol. The number of nitrogens with one attached hydrogen (secondary N) is 2. The highest BCUT2D eigenvalue weighted by molar-refractivity contribution is 5.82. The molecule has 8 heteroatoms. The van der Waals surface area contributed by atoms with E-state index in [0.717, 1.165) is 42.5 Å². The average Bonchev–Trinajstić information content (AvgIpc) is 3.26. The Balaban J connectivity index is 1.34. The van der Waals surface area contributed by atoms with Crippen molar-refractivity contribution in [2.24, 2.45) is 11.8 Å². The molecule has 5 rings (SSSR count). The van der Waals surface area contributed by atoms with E-state index >= 15 is 0 Å². The van der Waals surface area contributed by atoms with Gasteiger partial charge in [-0.25, -0.2) is 4.79 Å². The molecule has 1 aliphatic heterocycles. The molecular formula is C34H47N3O5. The lowest BCUT2D eigenvalue weighted by molar-refractivity contribution is -0.132. The first-order valence-electron chi connectivity index (χ1n) is 15.6. The van der Waals surface area contributed by atoms with Crippen LogP contribution in [0.2, 0.25) is 0 Å². The number of carbonyl (C=O) groups is 2. The fraction of sp³-hybridized carbons (Fsp3) is 0.588. The topological polar surface area (TPSA) is 111 Å². The highest BCUT2D eigenvalue weighted by Gasteiger charge is 2.43. The number of benzene rings is 2. The molecule has 2 fully saturated rings. The van der Waals surface area contributed by atoms with Crippen LogP contribution in [0.25, 0.3) is 0 Å². The maximum absolute atomic E-state index is 13.9. The maximum Gasteiger partial charge on any atom is 0.407 e. The summed E-state index contributed by atoms with van der Waals surface area (Å²) in [5.74, 6) is 0.856. The van der Waals surface area contributed by atoms with Crippen LogP contribution < -0.4 is 10.6 Å². The first-order chi connectivity index (χ1) is 20.1. The summed E-state index contributed by atoms with van der Waals surface area (Å²) in [7, 11) is 0. The number of alkyl carbamates (subject to hydrolysis) is 1. The van der Waals surface area contributed by atoms with E-state index in [9.17, 15) is 19.8 Å². The van der Waals surface area contributed by atoms with Crippen LogP contribution in [0.1, 0.15) is 75.6 Å². The van der Waals surface area contributed by atoms with E-state index in [0.29, 0.717) is 24.7 Å². The molecule has 1 heterocycles. The molecule has 4 N–H and O–H groups in total. The number of rotatable bonds is 8. The minimum Gasteiger partial charge on any atom is -0.444 e. The number of ether oxygens (including phenoxy) is 1. The van der Waals surface area contributed by atoms with Crippen molar-refractivity contribution in [3.05, 3.63) is 71.3 Å². The highest BCUT2D eigenvalue weighted by atomic mass is 16.6. The van der Waals surface area contributed by atoms with Crippen molar-refractivity contribution in [2.75, 3.05) is 13.1 Å². The molecule has 42 heavy (non-hydrogen) atoms. The van der Waals surface area contributed by atoms with Crippen molar-refractivity contribution in [2.45, 2.75) is 102 Å². The Hall–Kier alpha value is -2.94. The van der Waals surface area contributed by atoms with Gasteiger partial charge in [0.25, 0.3) is 0 Å². The summed E-state index contributed by atoms with van der Waals surface area (Å²) in [6.45, 7) is 6.41. The zero-order valence-corrected chi connectivity index (χ0v) is 25.2. The number of aliphatic hydroxyl groups is 2. The summed E-state index contributed by atoms with van der Waals surface area (Å²) >= 11 is 0. The third-order valence-corrected chi connectivity index (χ3v) is 9.19. The molecule has 0 aromatic heterocycles. The molecule has 0 radical (unpaired) electrons. The highest BCUT2D eigenvalue weighted by Crippen LogP contribution is 2.39. The summed E-state index contributed by atoms with van der Waals surface area (Å²) in [5.41, 5.74) is 2.37. The largest absolute Gasteiger partial charge is 0.444 e. The number of β-amino-alcohol motifs (C(OH)–C–C–N with tert-alkyl or cyclic N) is 1. The molecule has 2 aromatic carbocycles. The van der Waals surface area contributed by atoms with E-state index in [-0.39, 0.29) is 12.5 Å². The summed E-state index contributed by atoms with van der Waals surface area (Å²) in [6, 6.07) is 16.2. The molecule has 1 saturated heterocycles. The monoisotopic (exact) mass is 577 g/mol. The van der Waals surface area contributed by atoms with Gasteiger partial charge in [-0.3, -0.25) is 9.69 Å². The van der Waals surface area contributed by atoms with Gasteiger partial charge in [0.05, 0.1) is 30.3 Å². The van der Waals surface area contributed by atoms with Gasteiger partial charge in [-0.15, -0.1) is 0 Å². The Labute approximate surface area is 249 Å². The molecule has 228 valence electrons. The van der Waals surface area contributed by atoms with Gasteiger partial charge in [0.1, 0.15) is 5.60 Å². The third-order valence-electron chi connectivity index (χ3n) is 9.19. The molecule has 3 aliphatic rings. The van der Waals surface area contributed by atoms with Gasteiger partial charge in [-0.2, -0.15) is 0 Å². The molecule has 2 aliphatic carbocycles. The number of nitrogens with zero attached hydrogens (tertiary/aromatic N) is 1. The number of hydrogen-bond donors (Lipinski definition) is 4. The van der Waals surface area contributed by atoms with Gasteiger partial charge in [0.2, 0.25) is 5.91 Å². The van der Waals surface area contributed by atoms with Crippen molar-refractivity contribution >= 4 is 12.0 Å². The number of hydrogen-bond acceptors (Lipinski definition) is 6. The number of amides is 2. The predicted molar refractivity (Wildman–Crippen MR) is 162 cm³/mol. The van der Waals surface area contributed by atoms with Crippen molar-refractivity contribution < 1.29 is 24.5 Å². The van der Waals surface area contributed by atoms with Crippen molar-refractivity contribution in [1.82, 2.24) is 15.5 Å². The second kappa shape index (κ2) is 13.1. The minimum absolute atomic E-state index is 0.105. The van der Waals surface area contributed by atoms with Crippen molar-refractivity contribution in [3.63, 3.8) is 0 Å². The van der Waals surface area contributed by atoms with E-state index < -0.39 is 42.0 Å². The summed E-state index contributed by atoms with van der Waals surface area (Å²) in [4.78, 5) is 28.9. The normalized spacial score (nSPS) is 27.3. The van der Waals surface area contributed by atoms with Crippen LogP contribution in [-0.4, -0.2) is 70.1 Å². The van der Waals surface area contributed by atoms with Crippen molar-refractivity contribution in [3.8, 4) is 0 Å². The van der Waals surface area contributed by atoms with Crippen LogP contribution in [0.3, 0.4) is 0 Å². The van der Waals surface area contributed by atoms with Gasteiger partial charge < -0.3 is 25.6 Å². The lowest BCUT2D eigenvalue weighted by atomic mass is 9.72. The number of aliphatic hydroxyl groups excluding tert-OH is 2. The SMILES string of the molecule is CC(C)(C)OC(=O)NC(Cc1ccccc1)C(O)CN1CC2CCCCC2CC1C(=O)NC1c2ccccc2CC1O. The number of likely N-dealkylation sites (tertiary alicyclic amines) is 1. The van der Waals surface area contributed by atoms with E-state index in [1.807, 2.05) is 75.4 Å². The molecule has 7 unspecified atom stereocenters. The standard InChI is InChI=1S/C34H47N3O5/c1-34(2,3)42-33(41)35-27(17-22-11-5-4-6-12-22)30(39)21-37-20-25-15-8-7-13-23(25)18-28(37)32(40)36-31-26-16-10-9-14-24(26)19-29(31)38/h4-6,9-12,14,16,23,25,27-31,38-39H,7-8,13,15,17-21H2,1-3H3,(H,35,41)(H,36,40). The second-order valence-electron chi connectivity index (χ2n) is 13.5. The summed E-state index contributed by atoms with van der Waals surface area (Å²) in [5, 5.41) is 28.5. The Morgan fingerprint density at radius 1 is 1.02 bits per heavy atom. The Bertz CT molecular complexity index is 1220. The van der Waals surface area contributed by atoms with Crippen LogP contribution >= 0.6 is 0 Å². The lowest BCUT2D eigenvalue weighted by Crippen LogP contribution is -2.59. The zero-order chi connectivity index (χ0) is 29.9. The van der Waals surface area contributed by atoms with Crippen molar-refractivity contribution in [1.29, 1.82) is 0 Å². The third kappa shape index (κ3) is 7.52. The molecule has 7 atom stereocenters. The minimum atomic E-state index is -0.925. The smallest absolute Gasteiger partial charge is 0.407 e. The van der Waals surface area contributed by atoms with Gasteiger partial charge in [0, 0.05) is 19.5 Å². The van der Waals surface area contributed by atoms with E-state index in [2.05, 4.69) is 15.5 Å². The zero-order valence-electron chi connectivity index (χ0n) is 25.2. The molecule has 2 aromatic rings. The van der Waals surface area contributed by atoms with Gasteiger partial charge in [0.15, 0.2) is 0 Å². The Morgan fingerprint density at radius 2 is 1.71 bits per heavy atom. The fourth-order valence-corrected chi connectivity index (χ4v) is 7.15. The Kier molecular flexibility index (Phi) is 9.55. The Morgan fingerprint density at radius 3 is 2.45 bits per heavy atom. The van der Waals surface area contributed by atoms with Crippen LogP contribution in [-0.2, 0) is 22.4 Å². The molecule has 8 nitrogen and oxygen atoms in total. The molecule has 0 bridgehead atoms. The first-order valence-corrected chi connectivity index (χ1v) is 15.6. The molecule has 1 saturated carbocycles. The first kappa shape index (κ1) is 30.5. The number of carbonyl (C=O) groups excluding carboxylic acids is 2. The number of fused-ring (bicyclic) bond motifs is 2. The van der Waals surface area contributed by atoms with Crippen LogP contribution in [0.15, 0.2) is 54.6 Å². The maximum atomic E-state index is 13.9. The molecular weight excluding hydrogens is 530 g/mol. The molecule has 2 amide bonds. The van der Waals surface area contributed by atoms with Crippen LogP contribution in [0.4, 0.5) is 4.79 Å². The van der Waals surface area contributed by atoms with Gasteiger partial charge >= 0.3 is 6.09 Å². The van der Waals surface area contributed by atoms with E-state index in [1.54, 1.807) is 0 Å². The van der Waals surface area contributed by atoms with E-state index in [4.69, 9.17) is 4.74 Å². The lowest BCUT2D eigenvalue weighted by Gasteiger charge is -2.46. The summed E-state index contributed by atoms with van der Waals surface area (Å²) in [6.07, 6.45) is 4.16. The summed E-state index contributed by atoms with van der Waals surface area (Å²) < 4.78 is 5.53. The second-order valence-corrected chi connectivity index (χ2v) is 13.5. The quantitative estimate of drug-likeness (QED) is 0.376. The fourth-order valence-electron chi connectivity index (χ4n) is 7.15. The van der Waals surface area contributed by atoms with E-state index in [1.165, 1.54) is 12.8 Å². The van der Waals surface area contributed by atoms with Gasteiger partial charge in [-0.1, -0.05) is 73.9 Å². The van der Waals surface area contributed by atoms with Gasteiger partial charge in [-0.05, 0) is 68.6 Å². The number of piperidine rings is 1. The van der Waals surface area contributed by atoms with Crippen LogP contribution in [0, 0.1) is 11.8 Å².